The summed E-state index contributed by atoms with van der Waals surface area (Å²) in [6, 6.07) is 54.6. The summed E-state index contributed by atoms with van der Waals surface area (Å²) in [5.74, 6) is 2.37. The normalized spacial score (nSPS) is 11.4. The number of anilines is 1. The van der Waals surface area contributed by atoms with Crippen molar-refractivity contribution in [3.8, 4) is 28.3 Å². The zero-order valence-electron chi connectivity index (χ0n) is 30.5. The van der Waals surface area contributed by atoms with Gasteiger partial charge in [-0.15, -0.1) is 5.10 Å². The van der Waals surface area contributed by atoms with E-state index in [1.165, 1.54) is 5.56 Å². The first-order valence-corrected chi connectivity index (χ1v) is 18.4. The summed E-state index contributed by atoms with van der Waals surface area (Å²) in [7, 11) is 1.69. The number of fused-ring (bicyclic) bond motifs is 1. The molecule has 0 amide bonds. The van der Waals surface area contributed by atoms with Crippen LogP contribution in [0, 0.1) is 0 Å². The molecule has 0 saturated carbocycles. The van der Waals surface area contributed by atoms with Gasteiger partial charge in [0.2, 0.25) is 0 Å². The van der Waals surface area contributed by atoms with Crippen LogP contribution in [0.3, 0.4) is 0 Å². The van der Waals surface area contributed by atoms with Crippen LogP contribution < -0.4 is 9.64 Å². The fourth-order valence-corrected chi connectivity index (χ4v) is 7.44. The topological polar surface area (TPSA) is 81.9 Å². The summed E-state index contributed by atoms with van der Waals surface area (Å²) in [4.78, 5) is 11.6. The second kappa shape index (κ2) is 15.5. The van der Waals surface area contributed by atoms with Crippen molar-refractivity contribution in [1.29, 1.82) is 0 Å². The number of benzene rings is 6. The lowest BCUT2D eigenvalue weighted by Gasteiger charge is -2.36. The first-order chi connectivity index (χ1) is 26.7. The summed E-state index contributed by atoms with van der Waals surface area (Å²) in [6.07, 6.45) is 3.78. The van der Waals surface area contributed by atoms with E-state index < -0.39 is 5.54 Å². The molecule has 0 aliphatic rings. The lowest BCUT2D eigenvalue weighted by molar-refractivity contribution is 0.415. The lowest BCUT2D eigenvalue weighted by atomic mass is 9.77. The van der Waals surface area contributed by atoms with Gasteiger partial charge in [-0.3, -0.25) is 0 Å². The second-order valence-corrected chi connectivity index (χ2v) is 13.3. The first-order valence-electron chi connectivity index (χ1n) is 18.4. The van der Waals surface area contributed by atoms with E-state index in [-0.39, 0.29) is 0 Å². The number of ether oxygens (including phenoxy) is 1. The average molecular weight is 708 g/mol. The Bertz CT molecular complexity index is 2350. The van der Waals surface area contributed by atoms with Gasteiger partial charge >= 0.3 is 0 Å². The average Bonchev–Trinajstić information content (AvgIpc) is 3.74. The molecule has 266 valence electrons. The van der Waals surface area contributed by atoms with Crippen LogP contribution in [0.25, 0.3) is 33.4 Å². The maximum Gasteiger partial charge on any atom is 0.184 e. The molecule has 2 aromatic heterocycles. The summed E-state index contributed by atoms with van der Waals surface area (Å²) < 4.78 is 7.55. The summed E-state index contributed by atoms with van der Waals surface area (Å²) >= 11 is 0. The quantitative estimate of drug-likeness (QED) is 0.110. The van der Waals surface area contributed by atoms with E-state index in [0.717, 1.165) is 75.2 Å². The maximum absolute atomic E-state index is 5.55. The third-order valence-corrected chi connectivity index (χ3v) is 10.1. The Hall–Kier alpha value is -6.67. The molecule has 0 bridgehead atoms. The second-order valence-electron chi connectivity index (χ2n) is 13.3. The number of nitrogens with zero attached hydrogens (tertiary/aromatic N) is 7. The third kappa shape index (κ3) is 6.47. The van der Waals surface area contributed by atoms with Gasteiger partial charge in [0.1, 0.15) is 23.4 Å². The van der Waals surface area contributed by atoms with Gasteiger partial charge in [-0.05, 0) is 68.4 Å². The molecule has 0 saturated heterocycles. The molecule has 0 unspecified atom stereocenters. The van der Waals surface area contributed by atoms with Gasteiger partial charge in [0.05, 0.1) is 12.6 Å². The van der Waals surface area contributed by atoms with E-state index in [9.17, 15) is 0 Å². The molecule has 2 heterocycles. The minimum Gasteiger partial charge on any atom is -0.497 e. The number of tetrazole rings is 1. The van der Waals surface area contributed by atoms with Gasteiger partial charge in [0.25, 0.3) is 0 Å². The Morgan fingerprint density at radius 3 is 1.89 bits per heavy atom. The summed E-state index contributed by atoms with van der Waals surface area (Å²) in [5, 5.41) is 14.9. The Balaban J connectivity index is 1.20. The predicted octanol–water partition coefficient (Wildman–Crippen LogP) is 9.61. The number of unbranched alkanes of at least 4 members (excludes halogenated alkanes) is 1. The molecule has 0 atom stereocenters. The van der Waals surface area contributed by atoms with Crippen LogP contribution in [-0.2, 0) is 12.1 Å². The highest BCUT2D eigenvalue weighted by atomic mass is 16.5. The molecule has 0 aliphatic carbocycles. The maximum atomic E-state index is 5.55. The molecule has 0 N–H and O–H groups in total. The van der Waals surface area contributed by atoms with Gasteiger partial charge in [-0.1, -0.05) is 153 Å². The Kier molecular flexibility index (Phi) is 9.89. The van der Waals surface area contributed by atoms with Crippen molar-refractivity contribution in [2.45, 2.75) is 31.8 Å². The molecule has 8 heteroatoms. The van der Waals surface area contributed by atoms with E-state index in [2.05, 4.69) is 137 Å². The zero-order valence-corrected chi connectivity index (χ0v) is 30.5. The molecule has 0 radical (unpaired) electrons. The number of aromatic nitrogens is 6. The third-order valence-electron chi connectivity index (χ3n) is 10.1. The minimum atomic E-state index is -0.850. The molecule has 6 aromatic carbocycles. The number of hydrogen-bond donors (Lipinski definition) is 0. The number of methoxy groups -OCH3 is 1. The minimum absolute atomic E-state index is 0.669. The largest absolute Gasteiger partial charge is 0.497 e. The van der Waals surface area contributed by atoms with Gasteiger partial charge in [-0.2, -0.15) is 0 Å². The highest BCUT2D eigenvalue weighted by Gasteiger charge is 2.42. The standard InChI is InChI=1S/C46H41N7O/c1-3-4-30-52(44-42-31-39(54-2)28-29-43(42)47-33-48-44)32-34-24-26-35(27-25-34)40-22-14-15-23-41(40)45-49-50-51-53(45)46(36-16-8-5-9-17-36,37-18-10-6-11-19-37)38-20-12-7-13-21-38/h5-29,31,33H,3-4,30,32H2,1-2H3. The van der Waals surface area contributed by atoms with Crippen LogP contribution in [0.4, 0.5) is 5.82 Å². The molecule has 8 aromatic rings. The van der Waals surface area contributed by atoms with E-state index in [4.69, 9.17) is 20.0 Å². The molecule has 0 fully saturated rings. The van der Waals surface area contributed by atoms with Crippen molar-refractivity contribution in [2.24, 2.45) is 0 Å². The Morgan fingerprint density at radius 2 is 1.28 bits per heavy atom. The van der Waals surface area contributed by atoms with E-state index in [0.29, 0.717) is 12.4 Å². The highest BCUT2D eigenvalue weighted by Crippen LogP contribution is 2.43. The number of rotatable bonds is 13. The molecule has 0 aliphatic heterocycles. The van der Waals surface area contributed by atoms with Crippen LogP contribution in [0.15, 0.2) is 164 Å². The van der Waals surface area contributed by atoms with Crippen molar-refractivity contribution in [1.82, 2.24) is 30.2 Å². The van der Waals surface area contributed by atoms with E-state index >= 15 is 0 Å². The Morgan fingerprint density at radius 1 is 0.667 bits per heavy atom. The number of hydrogen-bond acceptors (Lipinski definition) is 7. The van der Waals surface area contributed by atoms with Crippen molar-refractivity contribution in [2.75, 3.05) is 18.6 Å². The van der Waals surface area contributed by atoms with Crippen molar-refractivity contribution in [3.63, 3.8) is 0 Å². The van der Waals surface area contributed by atoms with Crippen LogP contribution in [0.1, 0.15) is 42.0 Å². The van der Waals surface area contributed by atoms with Gasteiger partial charge in [0, 0.05) is 24.0 Å². The van der Waals surface area contributed by atoms with Crippen LogP contribution in [0.5, 0.6) is 5.75 Å². The fourth-order valence-electron chi connectivity index (χ4n) is 7.44. The smallest absolute Gasteiger partial charge is 0.184 e. The van der Waals surface area contributed by atoms with Crippen LogP contribution in [-0.4, -0.2) is 43.8 Å². The molecular formula is C46H41N7O. The lowest BCUT2D eigenvalue weighted by Crippen LogP contribution is -2.39. The van der Waals surface area contributed by atoms with E-state index in [1.54, 1.807) is 13.4 Å². The van der Waals surface area contributed by atoms with Crippen LogP contribution >= 0.6 is 0 Å². The van der Waals surface area contributed by atoms with Crippen LogP contribution in [0.2, 0.25) is 0 Å². The van der Waals surface area contributed by atoms with Crippen molar-refractivity contribution >= 4 is 16.7 Å². The molecule has 8 rings (SSSR count). The van der Waals surface area contributed by atoms with Gasteiger partial charge in [-0.25, -0.2) is 14.6 Å². The molecule has 8 nitrogen and oxygen atoms in total. The first kappa shape index (κ1) is 34.4. The van der Waals surface area contributed by atoms with E-state index in [1.807, 2.05) is 47.1 Å². The van der Waals surface area contributed by atoms with Gasteiger partial charge < -0.3 is 9.64 Å². The SMILES string of the molecule is CCCCN(Cc1ccc(-c2ccccc2-c2nnnn2C(c2ccccc2)(c2ccccc2)c2ccccc2)cc1)c1ncnc2ccc(OC)cc12. The summed E-state index contributed by atoms with van der Waals surface area (Å²) in [5.41, 5.74) is 7.45. The molecular weight excluding hydrogens is 667 g/mol. The predicted molar refractivity (Wildman–Crippen MR) is 215 cm³/mol. The fraction of sp³-hybridized carbons (Fsp3) is 0.152. The van der Waals surface area contributed by atoms with Crippen molar-refractivity contribution < 1.29 is 4.74 Å². The zero-order chi connectivity index (χ0) is 36.7. The highest BCUT2D eigenvalue weighted by molar-refractivity contribution is 5.90. The molecule has 54 heavy (non-hydrogen) atoms. The van der Waals surface area contributed by atoms with Gasteiger partial charge in [0.15, 0.2) is 5.82 Å². The van der Waals surface area contributed by atoms with Crippen molar-refractivity contribution in [3.05, 3.63) is 186 Å². The monoisotopic (exact) mass is 707 g/mol. The Labute approximate surface area is 315 Å². The molecule has 0 spiro atoms. The summed E-state index contributed by atoms with van der Waals surface area (Å²) in [6.45, 7) is 3.79.